The summed E-state index contributed by atoms with van der Waals surface area (Å²) in [5, 5.41) is 4.40. The number of nitrogens with one attached hydrogen (secondary N) is 1. The Bertz CT molecular complexity index is 1210. The standard InChI is InChI=1S/C23H17F2N3O/c24-16-5-6-20(19(25)13-16)28-21-12-15(11-14-7-9-27-10-8-14)22(23(26)29)18-4-2-1-3-17(18)21/h1-10,12-13,28H,11H2,(H2,26,29). The summed E-state index contributed by atoms with van der Waals surface area (Å²) in [5.74, 6) is -1.89. The van der Waals surface area contributed by atoms with E-state index < -0.39 is 17.5 Å². The first-order valence-corrected chi connectivity index (χ1v) is 8.98. The molecule has 4 nitrogen and oxygen atoms in total. The third-order valence-electron chi connectivity index (χ3n) is 4.72. The lowest BCUT2D eigenvalue weighted by molar-refractivity contribution is 0.100. The van der Waals surface area contributed by atoms with Crippen molar-refractivity contribution in [2.24, 2.45) is 5.73 Å². The molecule has 0 saturated carbocycles. The number of halogens is 2. The minimum atomic E-state index is -0.705. The van der Waals surface area contributed by atoms with Crippen molar-refractivity contribution in [3.8, 4) is 0 Å². The summed E-state index contributed by atoms with van der Waals surface area (Å²) >= 11 is 0. The van der Waals surface area contributed by atoms with Crippen molar-refractivity contribution in [1.29, 1.82) is 0 Å². The predicted molar refractivity (Wildman–Crippen MR) is 109 cm³/mol. The van der Waals surface area contributed by atoms with Crippen LogP contribution < -0.4 is 11.1 Å². The maximum atomic E-state index is 14.2. The van der Waals surface area contributed by atoms with Gasteiger partial charge >= 0.3 is 0 Å². The van der Waals surface area contributed by atoms with E-state index >= 15 is 0 Å². The summed E-state index contributed by atoms with van der Waals surface area (Å²) in [7, 11) is 0. The Labute approximate surface area is 166 Å². The second kappa shape index (κ2) is 7.67. The van der Waals surface area contributed by atoms with Crippen LogP contribution in [0.15, 0.2) is 73.1 Å². The van der Waals surface area contributed by atoms with Crippen LogP contribution in [-0.2, 0) is 6.42 Å². The zero-order chi connectivity index (χ0) is 20.4. The molecule has 4 aromatic rings. The van der Waals surface area contributed by atoms with Crippen molar-refractivity contribution in [2.75, 3.05) is 5.32 Å². The highest BCUT2D eigenvalue weighted by Crippen LogP contribution is 2.33. The van der Waals surface area contributed by atoms with Crippen LogP contribution in [0.4, 0.5) is 20.2 Å². The number of nitrogens with zero attached hydrogens (tertiary/aromatic N) is 1. The number of benzene rings is 3. The second-order valence-electron chi connectivity index (χ2n) is 6.65. The Balaban J connectivity index is 1.89. The van der Waals surface area contributed by atoms with Gasteiger partial charge in [0.2, 0.25) is 5.91 Å². The van der Waals surface area contributed by atoms with Gasteiger partial charge in [0.05, 0.1) is 11.3 Å². The molecule has 0 saturated heterocycles. The fourth-order valence-electron chi connectivity index (χ4n) is 3.42. The Morgan fingerprint density at radius 2 is 1.66 bits per heavy atom. The van der Waals surface area contributed by atoms with E-state index in [1.165, 1.54) is 12.1 Å². The van der Waals surface area contributed by atoms with E-state index in [1.54, 1.807) is 24.5 Å². The normalized spacial score (nSPS) is 10.8. The molecule has 0 aliphatic heterocycles. The predicted octanol–water partition coefficient (Wildman–Crippen LogP) is 4.95. The number of fused-ring (bicyclic) bond motifs is 1. The molecular weight excluding hydrogens is 372 g/mol. The van der Waals surface area contributed by atoms with E-state index in [-0.39, 0.29) is 5.69 Å². The van der Waals surface area contributed by atoms with Gasteiger partial charge in [-0.1, -0.05) is 24.3 Å². The number of anilines is 2. The van der Waals surface area contributed by atoms with Crippen molar-refractivity contribution in [2.45, 2.75) is 6.42 Å². The molecule has 1 amide bonds. The van der Waals surface area contributed by atoms with Crippen LogP contribution in [0.25, 0.3) is 10.8 Å². The van der Waals surface area contributed by atoms with Gasteiger partial charge in [0, 0.05) is 29.5 Å². The lowest BCUT2D eigenvalue weighted by Crippen LogP contribution is -2.15. The first kappa shape index (κ1) is 18.6. The molecule has 0 fully saturated rings. The highest BCUT2D eigenvalue weighted by atomic mass is 19.1. The van der Waals surface area contributed by atoms with Gasteiger partial charge in [-0.25, -0.2) is 8.78 Å². The van der Waals surface area contributed by atoms with Gasteiger partial charge in [0.15, 0.2) is 0 Å². The molecule has 0 spiro atoms. The van der Waals surface area contributed by atoms with Crippen molar-refractivity contribution in [3.63, 3.8) is 0 Å². The number of hydrogen-bond acceptors (Lipinski definition) is 3. The maximum Gasteiger partial charge on any atom is 0.249 e. The molecule has 29 heavy (non-hydrogen) atoms. The molecular formula is C23H17F2N3O. The summed E-state index contributed by atoms with van der Waals surface area (Å²) in [4.78, 5) is 16.3. The fraction of sp³-hybridized carbons (Fsp3) is 0.0435. The van der Waals surface area contributed by atoms with E-state index in [9.17, 15) is 13.6 Å². The van der Waals surface area contributed by atoms with Gasteiger partial charge in [-0.2, -0.15) is 0 Å². The highest BCUT2D eigenvalue weighted by Gasteiger charge is 2.17. The zero-order valence-corrected chi connectivity index (χ0v) is 15.3. The number of primary amides is 1. The molecule has 0 unspecified atom stereocenters. The fourth-order valence-corrected chi connectivity index (χ4v) is 3.42. The van der Waals surface area contributed by atoms with Crippen LogP contribution in [0.2, 0.25) is 0 Å². The molecule has 0 aliphatic carbocycles. The Kier molecular flexibility index (Phi) is 4.91. The van der Waals surface area contributed by atoms with Crippen molar-refractivity contribution < 1.29 is 13.6 Å². The number of aromatic nitrogens is 1. The van der Waals surface area contributed by atoms with Crippen molar-refractivity contribution in [1.82, 2.24) is 4.98 Å². The Hall–Kier alpha value is -3.80. The van der Waals surface area contributed by atoms with Gasteiger partial charge in [-0.15, -0.1) is 0 Å². The van der Waals surface area contributed by atoms with E-state index in [0.29, 0.717) is 34.0 Å². The van der Waals surface area contributed by atoms with Gasteiger partial charge < -0.3 is 11.1 Å². The quantitative estimate of drug-likeness (QED) is 0.508. The molecule has 6 heteroatoms. The van der Waals surface area contributed by atoms with Crippen LogP contribution in [0.3, 0.4) is 0 Å². The lowest BCUT2D eigenvalue weighted by atomic mass is 9.93. The monoisotopic (exact) mass is 389 g/mol. The molecule has 3 aromatic carbocycles. The molecule has 144 valence electrons. The average molecular weight is 389 g/mol. The zero-order valence-electron chi connectivity index (χ0n) is 15.3. The minimum absolute atomic E-state index is 0.137. The SMILES string of the molecule is NC(=O)c1c(Cc2ccncc2)cc(Nc2ccc(F)cc2F)c2ccccc12. The summed E-state index contributed by atoms with van der Waals surface area (Å²) in [6.07, 6.45) is 3.80. The van der Waals surface area contributed by atoms with Gasteiger partial charge in [0.25, 0.3) is 0 Å². The Morgan fingerprint density at radius 3 is 2.34 bits per heavy atom. The molecule has 1 heterocycles. The van der Waals surface area contributed by atoms with Crippen LogP contribution in [0.5, 0.6) is 0 Å². The molecule has 0 aliphatic rings. The number of rotatable bonds is 5. The third-order valence-corrected chi connectivity index (χ3v) is 4.72. The Morgan fingerprint density at radius 1 is 0.931 bits per heavy atom. The third kappa shape index (κ3) is 3.78. The largest absolute Gasteiger partial charge is 0.366 e. The molecule has 4 rings (SSSR count). The van der Waals surface area contributed by atoms with Crippen LogP contribution in [0.1, 0.15) is 21.5 Å². The first-order valence-electron chi connectivity index (χ1n) is 8.98. The number of nitrogens with two attached hydrogens (primary N) is 1. The van der Waals surface area contributed by atoms with Crippen LogP contribution >= 0.6 is 0 Å². The van der Waals surface area contributed by atoms with E-state index in [4.69, 9.17) is 5.73 Å². The number of carbonyl (C=O) groups excluding carboxylic acids is 1. The average Bonchev–Trinajstić information content (AvgIpc) is 2.70. The van der Waals surface area contributed by atoms with E-state index in [0.717, 1.165) is 11.6 Å². The first-order chi connectivity index (χ1) is 14.0. The van der Waals surface area contributed by atoms with Gasteiger partial charge in [-0.05, 0) is 53.3 Å². The van der Waals surface area contributed by atoms with Crippen molar-refractivity contribution in [3.05, 3.63) is 101 Å². The van der Waals surface area contributed by atoms with Gasteiger partial charge in [0.1, 0.15) is 11.6 Å². The molecule has 0 bridgehead atoms. The van der Waals surface area contributed by atoms with E-state index in [2.05, 4.69) is 10.3 Å². The molecule has 0 radical (unpaired) electrons. The second-order valence-corrected chi connectivity index (χ2v) is 6.65. The topological polar surface area (TPSA) is 68.0 Å². The van der Waals surface area contributed by atoms with Crippen molar-refractivity contribution >= 4 is 28.1 Å². The minimum Gasteiger partial charge on any atom is -0.366 e. The number of hydrogen-bond donors (Lipinski definition) is 2. The number of amides is 1. The van der Waals surface area contributed by atoms with Crippen LogP contribution in [0, 0.1) is 11.6 Å². The highest BCUT2D eigenvalue weighted by molar-refractivity contribution is 6.11. The molecule has 1 aromatic heterocycles. The van der Waals surface area contributed by atoms with Crippen LogP contribution in [-0.4, -0.2) is 10.9 Å². The number of carbonyl (C=O) groups is 1. The summed E-state index contributed by atoms with van der Waals surface area (Å²) in [5.41, 5.74) is 8.51. The van der Waals surface area contributed by atoms with E-state index in [1.807, 2.05) is 30.3 Å². The molecule has 3 N–H and O–H groups in total. The maximum absolute atomic E-state index is 14.2. The summed E-state index contributed by atoms with van der Waals surface area (Å²) in [6.45, 7) is 0. The smallest absolute Gasteiger partial charge is 0.249 e. The van der Waals surface area contributed by atoms with Gasteiger partial charge in [-0.3, -0.25) is 9.78 Å². The lowest BCUT2D eigenvalue weighted by Gasteiger charge is -2.17. The number of pyridine rings is 1. The summed E-state index contributed by atoms with van der Waals surface area (Å²) in [6, 6.07) is 16.1. The summed E-state index contributed by atoms with van der Waals surface area (Å²) < 4.78 is 27.5. The molecule has 0 atom stereocenters.